The van der Waals surface area contributed by atoms with Gasteiger partial charge in [-0.1, -0.05) is 11.8 Å². The number of aliphatic carboxylic acids is 1. The summed E-state index contributed by atoms with van der Waals surface area (Å²) in [6.07, 6.45) is 3.87. The lowest BCUT2D eigenvalue weighted by Crippen LogP contribution is -2.67. The minimum absolute atomic E-state index is 0. The largest absolute Gasteiger partial charge is 0.870 e. The first-order chi connectivity index (χ1) is 13.9. The third-order valence-corrected chi connectivity index (χ3v) is 7.25. The number of carbonyl (C=O) groups excluding carboxylic acids is 1. The van der Waals surface area contributed by atoms with Crippen molar-refractivity contribution in [3.8, 4) is 0 Å². The molecule has 1 saturated heterocycles. The van der Waals surface area contributed by atoms with Crippen LogP contribution in [0.2, 0.25) is 0 Å². The van der Waals surface area contributed by atoms with Crippen molar-refractivity contribution in [1.82, 2.24) is 25.1 Å². The highest BCUT2D eigenvalue weighted by Gasteiger charge is 2.53. The molecule has 0 radical (unpaired) electrons. The minimum Gasteiger partial charge on any atom is -0.870 e. The minimum atomic E-state index is -1.09. The summed E-state index contributed by atoms with van der Waals surface area (Å²) < 4.78 is 3.47. The second-order valence-corrected chi connectivity index (χ2v) is 8.92. The maximum atomic E-state index is 12.8. The Hall–Kier alpha value is -2.64. The van der Waals surface area contributed by atoms with Crippen LogP contribution in [0.5, 0.6) is 0 Å². The van der Waals surface area contributed by atoms with E-state index in [-0.39, 0.29) is 22.5 Å². The second-order valence-electron chi connectivity index (χ2n) is 6.87. The molecule has 1 unspecified atom stereocenters. The van der Waals surface area contributed by atoms with Crippen LogP contribution in [0.3, 0.4) is 0 Å². The molecule has 3 N–H and O–H groups in total. The molecule has 2 aromatic heterocycles. The highest BCUT2D eigenvalue weighted by Crippen LogP contribution is 2.42. The summed E-state index contributed by atoms with van der Waals surface area (Å²) in [5.41, 5.74) is 2.67. The SMILES string of the molecule is Cc1c[n+](C)ccc1N[C@@H]1C(=O)N2C(C(=O)O)=C(CSc3nnnn3C)CSC12.[OH-]. The molecule has 0 spiro atoms. The smallest absolute Gasteiger partial charge is 0.352 e. The number of carboxylic acid groups (broad SMARTS) is 1. The topological polar surface area (TPSA) is 147 Å². The average molecular weight is 452 g/mol. The van der Waals surface area contributed by atoms with E-state index in [1.807, 2.05) is 37.0 Å². The Morgan fingerprint density at radius 3 is 2.90 bits per heavy atom. The molecule has 2 aliphatic rings. The molecule has 1 fully saturated rings. The number of tetrazole rings is 1. The van der Waals surface area contributed by atoms with Gasteiger partial charge in [-0.15, -0.1) is 16.9 Å². The number of anilines is 1. The van der Waals surface area contributed by atoms with E-state index in [9.17, 15) is 14.7 Å². The molecule has 11 nitrogen and oxygen atoms in total. The van der Waals surface area contributed by atoms with E-state index in [2.05, 4.69) is 20.8 Å². The molecule has 0 aromatic carbocycles. The molecule has 30 heavy (non-hydrogen) atoms. The summed E-state index contributed by atoms with van der Waals surface area (Å²) in [5.74, 6) is -0.368. The number of nitrogens with zero attached hydrogens (tertiary/aromatic N) is 6. The van der Waals surface area contributed by atoms with Crippen LogP contribution in [0.4, 0.5) is 5.69 Å². The number of hydrogen-bond donors (Lipinski definition) is 2. The lowest BCUT2D eigenvalue weighted by atomic mass is 10.0. The van der Waals surface area contributed by atoms with Gasteiger partial charge in [-0.25, -0.2) is 14.0 Å². The normalized spacial score (nSPS) is 20.4. The number of thioether (sulfide) groups is 2. The van der Waals surface area contributed by atoms with E-state index in [0.717, 1.165) is 11.3 Å². The number of aromatic nitrogens is 5. The van der Waals surface area contributed by atoms with Gasteiger partial charge in [0, 0.05) is 35.9 Å². The third-order valence-electron chi connectivity index (χ3n) is 4.82. The van der Waals surface area contributed by atoms with Crippen LogP contribution in [0.15, 0.2) is 34.9 Å². The van der Waals surface area contributed by atoms with Gasteiger partial charge in [0.2, 0.25) is 5.16 Å². The zero-order valence-electron chi connectivity index (χ0n) is 16.5. The maximum absolute atomic E-state index is 12.8. The first kappa shape index (κ1) is 22.1. The van der Waals surface area contributed by atoms with Gasteiger partial charge >= 0.3 is 5.97 Å². The molecule has 4 rings (SSSR count). The third kappa shape index (κ3) is 3.87. The Bertz CT molecular complexity index is 1030. The van der Waals surface area contributed by atoms with Gasteiger partial charge in [-0.05, 0) is 22.9 Å². The van der Waals surface area contributed by atoms with Gasteiger partial charge in [0.05, 0.1) is 0 Å². The number of carboxylic acids is 1. The number of pyridine rings is 1. The van der Waals surface area contributed by atoms with Crippen LogP contribution in [-0.4, -0.2) is 70.5 Å². The van der Waals surface area contributed by atoms with Crippen LogP contribution < -0.4 is 9.88 Å². The van der Waals surface area contributed by atoms with Crippen molar-refractivity contribution in [2.24, 2.45) is 14.1 Å². The summed E-state index contributed by atoms with van der Waals surface area (Å²) in [6, 6.07) is 1.47. The first-order valence-corrected chi connectivity index (χ1v) is 10.9. The number of nitrogens with one attached hydrogen (secondary N) is 1. The van der Waals surface area contributed by atoms with Gasteiger partial charge < -0.3 is 15.9 Å². The zero-order chi connectivity index (χ0) is 20.7. The predicted molar refractivity (Wildman–Crippen MR) is 109 cm³/mol. The van der Waals surface area contributed by atoms with E-state index in [4.69, 9.17) is 0 Å². The second kappa shape index (κ2) is 8.62. The van der Waals surface area contributed by atoms with Gasteiger partial charge in [0.1, 0.15) is 24.2 Å². The Morgan fingerprint density at radius 1 is 1.50 bits per heavy atom. The number of fused-ring (bicyclic) bond motifs is 1. The Kier molecular flexibility index (Phi) is 6.33. The quantitative estimate of drug-likeness (QED) is 0.349. The molecular formula is C17H21N7O4S2. The highest BCUT2D eigenvalue weighted by molar-refractivity contribution is 8.01. The van der Waals surface area contributed by atoms with E-state index < -0.39 is 12.0 Å². The van der Waals surface area contributed by atoms with E-state index in [0.29, 0.717) is 22.2 Å². The van der Waals surface area contributed by atoms with E-state index in [1.165, 1.54) is 21.3 Å². The van der Waals surface area contributed by atoms with Crippen LogP contribution in [0.1, 0.15) is 5.56 Å². The summed E-state index contributed by atoms with van der Waals surface area (Å²) in [7, 11) is 3.66. The summed E-state index contributed by atoms with van der Waals surface area (Å²) >= 11 is 2.92. The van der Waals surface area contributed by atoms with E-state index >= 15 is 0 Å². The van der Waals surface area contributed by atoms with Gasteiger partial charge in [-0.3, -0.25) is 9.69 Å². The molecule has 0 bridgehead atoms. The van der Waals surface area contributed by atoms with Crippen molar-refractivity contribution >= 4 is 41.1 Å². The van der Waals surface area contributed by atoms with Gasteiger partial charge in [0.15, 0.2) is 12.4 Å². The summed E-state index contributed by atoms with van der Waals surface area (Å²) in [4.78, 5) is 26.2. The number of amides is 1. The van der Waals surface area contributed by atoms with Crippen LogP contribution >= 0.6 is 23.5 Å². The van der Waals surface area contributed by atoms with Crippen molar-refractivity contribution < 1.29 is 24.7 Å². The van der Waals surface area contributed by atoms with Crippen LogP contribution in [0, 0.1) is 6.92 Å². The highest BCUT2D eigenvalue weighted by atomic mass is 32.2. The molecular weight excluding hydrogens is 430 g/mol. The molecule has 13 heteroatoms. The van der Waals surface area contributed by atoms with Crippen molar-refractivity contribution in [2.75, 3.05) is 16.8 Å². The Labute approximate surface area is 180 Å². The fourth-order valence-electron chi connectivity index (χ4n) is 3.36. The molecule has 0 aliphatic carbocycles. The van der Waals surface area contributed by atoms with Crippen LogP contribution in [0.25, 0.3) is 0 Å². The molecule has 4 heterocycles. The number of hydrogen-bond acceptors (Lipinski definition) is 9. The summed E-state index contributed by atoms with van der Waals surface area (Å²) in [5, 5.41) is 24.7. The lowest BCUT2D eigenvalue weighted by molar-refractivity contribution is -0.671. The van der Waals surface area contributed by atoms with Crippen molar-refractivity contribution in [3.63, 3.8) is 0 Å². The molecule has 2 aliphatic heterocycles. The molecule has 1 amide bonds. The van der Waals surface area contributed by atoms with Crippen molar-refractivity contribution in [3.05, 3.63) is 35.3 Å². The lowest BCUT2D eigenvalue weighted by Gasteiger charge is -2.49. The molecule has 0 saturated carbocycles. The maximum Gasteiger partial charge on any atom is 0.352 e. The predicted octanol–water partition coefficient (Wildman–Crippen LogP) is -0.00718. The molecule has 2 atom stereocenters. The van der Waals surface area contributed by atoms with E-state index in [1.54, 1.807) is 18.8 Å². The van der Waals surface area contributed by atoms with Crippen LogP contribution in [-0.2, 0) is 23.7 Å². The first-order valence-electron chi connectivity index (χ1n) is 8.84. The van der Waals surface area contributed by atoms with Crippen molar-refractivity contribution in [2.45, 2.75) is 23.5 Å². The number of carbonyl (C=O) groups is 2. The van der Waals surface area contributed by atoms with Gasteiger partial charge in [0.25, 0.3) is 5.91 Å². The number of aryl methyl sites for hydroxylation is 3. The average Bonchev–Trinajstić information content (AvgIpc) is 3.09. The monoisotopic (exact) mass is 451 g/mol. The number of β-lactam (4-membered cyclic amide) rings is 1. The fraction of sp³-hybridized carbons (Fsp3) is 0.412. The van der Waals surface area contributed by atoms with Gasteiger partial charge in [-0.2, -0.15) is 0 Å². The van der Waals surface area contributed by atoms with Crippen molar-refractivity contribution in [1.29, 1.82) is 0 Å². The zero-order valence-corrected chi connectivity index (χ0v) is 18.1. The Morgan fingerprint density at radius 2 is 2.27 bits per heavy atom. The fourth-order valence-corrected chi connectivity index (χ4v) is 5.70. The summed E-state index contributed by atoms with van der Waals surface area (Å²) in [6.45, 7) is 1.97. The Balaban J connectivity index is 0.00000256. The number of rotatable bonds is 6. The standard InChI is InChI=1S/C17H19N7O3S2.H2O/c1-9-6-22(2)5-4-11(9)18-12-14(25)24-13(16(26)27)10(7-28-15(12)24)8-29-17-19-20-21-23(17)3;/h4-6,12,15H,7-8H2,1-3H3,(H,26,27);1H2/t12-,15?;/m1./s1. The molecule has 160 valence electrons. The molecule has 2 aromatic rings.